The predicted octanol–water partition coefficient (Wildman–Crippen LogP) is 0.892. The Morgan fingerprint density at radius 1 is 1.62 bits per heavy atom. The molecule has 0 radical (unpaired) electrons. The molecule has 0 aromatic carbocycles. The molecule has 0 bridgehead atoms. The lowest BCUT2D eigenvalue weighted by Gasteiger charge is -2.20. The Morgan fingerprint density at radius 2 is 2.38 bits per heavy atom. The minimum atomic E-state index is -0.303. The SMILES string of the molecule is COCc1nsc(N2CC(O)C(C)(C)C2)n1. The molecule has 6 heteroatoms. The van der Waals surface area contributed by atoms with E-state index >= 15 is 0 Å². The summed E-state index contributed by atoms with van der Waals surface area (Å²) in [6, 6.07) is 0. The number of hydrogen-bond donors (Lipinski definition) is 1. The van der Waals surface area contributed by atoms with E-state index in [1.165, 1.54) is 11.5 Å². The molecule has 2 heterocycles. The number of aromatic nitrogens is 2. The van der Waals surface area contributed by atoms with E-state index in [-0.39, 0.29) is 11.5 Å². The molecule has 1 aromatic rings. The number of β-amino-alcohol motifs (C(OH)–C–C–N with tert-alkyl or cyclic N) is 1. The van der Waals surface area contributed by atoms with E-state index in [2.05, 4.69) is 28.1 Å². The van der Waals surface area contributed by atoms with Gasteiger partial charge in [-0.15, -0.1) is 0 Å². The van der Waals surface area contributed by atoms with E-state index in [9.17, 15) is 5.11 Å². The molecule has 16 heavy (non-hydrogen) atoms. The van der Waals surface area contributed by atoms with E-state index < -0.39 is 0 Å². The summed E-state index contributed by atoms with van der Waals surface area (Å²) in [6.45, 7) is 6.02. The molecule has 1 aliphatic heterocycles. The molecule has 0 amide bonds. The topological polar surface area (TPSA) is 58.5 Å². The van der Waals surface area contributed by atoms with Crippen molar-refractivity contribution in [2.75, 3.05) is 25.1 Å². The number of aliphatic hydroxyl groups excluding tert-OH is 1. The normalized spacial score (nSPS) is 24.0. The third-order valence-electron chi connectivity index (χ3n) is 2.90. The summed E-state index contributed by atoms with van der Waals surface area (Å²) in [5.74, 6) is 0.710. The highest BCUT2D eigenvalue weighted by molar-refractivity contribution is 7.09. The zero-order valence-corrected chi connectivity index (χ0v) is 10.6. The highest BCUT2D eigenvalue weighted by atomic mass is 32.1. The fourth-order valence-electron chi connectivity index (χ4n) is 1.82. The number of rotatable bonds is 3. The van der Waals surface area contributed by atoms with E-state index in [1.54, 1.807) is 7.11 Å². The van der Waals surface area contributed by atoms with Crippen LogP contribution in [0.25, 0.3) is 0 Å². The zero-order chi connectivity index (χ0) is 11.8. The number of hydrogen-bond acceptors (Lipinski definition) is 6. The van der Waals surface area contributed by atoms with Gasteiger partial charge < -0.3 is 14.7 Å². The summed E-state index contributed by atoms with van der Waals surface area (Å²) in [7, 11) is 1.63. The number of aliphatic hydroxyl groups is 1. The van der Waals surface area contributed by atoms with Gasteiger partial charge in [-0.3, -0.25) is 0 Å². The second kappa shape index (κ2) is 4.27. The van der Waals surface area contributed by atoms with Crippen LogP contribution in [0.15, 0.2) is 0 Å². The first-order valence-electron chi connectivity index (χ1n) is 5.27. The van der Waals surface area contributed by atoms with Crippen molar-refractivity contribution in [1.82, 2.24) is 9.36 Å². The Hall–Kier alpha value is -0.720. The van der Waals surface area contributed by atoms with Gasteiger partial charge in [0.25, 0.3) is 0 Å². The molecule has 1 fully saturated rings. The second-order valence-corrected chi connectivity index (χ2v) is 5.54. The minimum Gasteiger partial charge on any atom is -0.391 e. The summed E-state index contributed by atoms with van der Waals surface area (Å²) >= 11 is 1.36. The summed E-state index contributed by atoms with van der Waals surface area (Å²) in [5, 5.41) is 10.8. The molecule has 1 unspecified atom stereocenters. The van der Waals surface area contributed by atoms with Gasteiger partial charge in [0, 0.05) is 37.1 Å². The van der Waals surface area contributed by atoms with Gasteiger partial charge in [-0.25, -0.2) is 4.98 Å². The van der Waals surface area contributed by atoms with Crippen molar-refractivity contribution in [3.05, 3.63) is 5.82 Å². The van der Waals surface area contributed by atoms with Crippen molar-refractivity contribution in [1.29, 1.82) is 0 Å². The molecule has 0 spiro atoms. The number of methoxy groups -OCH3 is 1. The Labute approximate surface area is 99.2 Å². The van der Waals surface area contributed by atoms with Crippen LogP contribution in [0.1, 0.15) is 19.7 Å². The fourth-order valence-corrected chi connectivity index (χ4v) is 2.51. The quantitative estimate of drug-likeness (QED) is 0.854. The molecule has 1 saturated heterocycles. The van der Waals surface area contributed by atoms with Gasteiger partial charge in [-0.05, 0) is 0 Å². The maximum absolute atomic E-state index is 9.89. The van der Waals surface area contributed by atoms with Crippen LogP contribution in [0.4, 0.5) is 5.13 Å². The Bertz CT molecular complexity index is 367. The first kappa shape index (κ1) is 11.8. The van der Waals surface area contributed by atoms with Crippen molar-refractivity contribution < 1.29 is 9.84 Å². The second-order valence-electron chi connectivity index (χ2n) is 4.81. The molecule has 1 aromatic heterocycles. The predicted molar refractivity (Wildman–Crippen MR) is 62.6 cm³/mol. The smallest absolute Gasteiger partial charge is 0.205 e. The maximum Gasteiger partial charge on any atom is 0.205 e. The average Bonchev–Trinajstić information content (AvgIpc) is 2.74. The van der Waals surface area contributed by atoms with Gasteiger partial charge in [0.2, 0.25) is 5.13 Å². The maximum atomic E-state index is 9.89. The third kappa shape index (κ3) is 2.18. The van der Waals surface area contributed by atoms with E-state index in [1.807, 2.05) is 0 Å². The van der Waals surface area contributed by atoms with Crippen molar-refractivity contribution >= 4 is 16.7 Å². The van der Waals surface area contributed by atoms with Crippen LogP contribution in [0.2, 0.25) is 0 Å². The monoisotopic (exact) mass is 243 g/mol. The summed E-state index contributed by atoms with van der Waals surface area (Å²) in [6.07, 6.45) is -0.303. The van der Waals surface area contributed by atoms with Crippen LogP contribution in [0, 0.1) is 5.41 Å². The number of nitrogens with zero attached hydrogens (tertiary/aromatic N) is 3. The summed E-state index contributed by atoms with van der Waals surface area (Å²) < 4.78 is 9.19. The van der Waals surface area contributed by atoms with Crippen LogP contribution < -0.4 is 4.90 Å². The van der Waals surface area contributed by atoms with Gasteiger partial charge in [0.15, 0.2) is 5.82 Å². The van der Waals surface area contributed by atoms with E-state index in [0.717, 1.165) is 11.7 Å². The first-order chi connectivity index (χ1) is 7.53. The van der Waals surface area contributed by atoms with Crippen molar-refractivity contribution in [2.24, 2.45) is 5.41 Å². The van der Waals surface area contributed by atoms with Gasteiger partial charge in [-0.2, -0.15) is 4.37 Å². The van der Waals surface area contributed by atoms with Gasteiger partial charge >= 0.3 is 0 Å². The molecule has 1 atom stereocenters. The Kier molecular flexibility index (Phi) is 3.14. The highest BCUT2D eigenvalue weighted by Crippen LogP contribution is 2.33. The molecule has 0 aliphatic carbocycles. The summed E-state index contributed by atoms with van der Waals surface area (Å²) in [4.78, 5) is 6.46. The fraction of sp³-hybridized carbons (Fsp3) is 0.800. The molecule has 2 rings (SSSR count). The van der Waals surface area contributed by atoms with Gasteiger partial charge in [-0.1, -0.05) is 13.8 Å². The standard InChI is InChI=1S/C10H17N3O2S/c1-10(2)6-13(4-7(10)14)9-11-8(5-15-3)12-16-9/h7,14H,4-6H2,1-3H3. The van der Waals surface area contributed by atoms with Gasteiger partial charge in [0.1, 0.15) is 6.61 Å². The lowest BCUT2D eigenvalue weighted by molar-refractivity contribution is 0.0964. The Morgan fingerprint density at radius 3 is 2.94 bits per heavy atom. The van der Waals surface area contributed by atoms with Crippen molar-refractivity contribution in [3.63, 3.8) is 0 Å². The van der Waals surface area contributed by atoms with Crippen LogP contribution in [0.5, 0.6) is 0 Å². The molecular weight excluding hydrogens is 226 g/mol. The Balaban J connectivity index is 2.08. The molecule has 5 nitrogen and oxygen atoms in total. The number of anilines is 1. The molecule has 1 aliphatic rings. The third-order valence-corrected chi connectivity index (χ3v) is 3.71. The van der Waals surface area contributed by atoms with Gasteiger partial charge in [0.05, 0.1) is 6.10 Å². The first-order valence-corrected chi connectivity index (χ1v) is 6.05. The van der Waals surface area contributed by atoms with Crippen molar-refractivity contribution in [3.8, 4) is 0 Å². The van der Waals surface area contributed by atoms with Crippen molar-refractivity contribution in [2.45, 2.75) is 26.6 Å². The van der Waals surface area contributed by atoms with Crippen LogP contribution in [-0.4, -0.2) is 40.8 Å². The average molecular weight is 243 g/mol. The molecule has 1 N–H and O–H groups in total. The zero-order valence-electron chi connectivity index (χ0n) is 9.80. The van der Waals surface area contributed by atoms with E-state index in [4.69, 9.17) is 4.74 Å². The van der Waals surface area contributed by atoms with Crippen LogP contribution >= 0.6 is 11.5 Å². The van der Waals surface area contributed by atoms with E-state index in [0.29, 0.717) is 19.0 Å². The largest absolute Gasteiger partial charge is 0.391 e. The van der Waals surface area contributed by atoms with Crippen LogP contribution in [0.3, 0.4) is 0 Å². The molecule has 0 saturated carbocycles. The summed E-state index contributed by atoms with van der Waals surface area (Å²) in [5.41, 5.74) is -0.0763. The molecular formula is C10H17N3O2S. The minimum absolute atomic E-state index is 0.0763. The molecule has 90 valence electrons. The number of ether oxygens (including phenoxy) is 1. The highest BCUT2D eigenvalue weighted by Gasteiger charge is 2.39. The lowest BCUT2D eigenvalue weighted by Crippen LogP contribution is -2.26. The van der Waals surface area contributed by atoms with Crippen LogP contribution in [-0.2, 0) is 11.3 Å². The lowest BCUT2D eigenvalue weighted by atomic mass is 9.90.